The number of furan rings is 1. The second-order valence-electron chi connectivity index (χ2n) is 4.71. The molecule has 0 aliphatic carbocycles. The van der Waals surface area contributed by atoms with Gasteiger partial charge in [-0.05, 0) is 34.1 Å². The van der Waals surface area contributed by atoms with Gasteiger partial charge in [0.1, 0.15) is 22.8 Å². The Morgan fingerprint density at radius 3 is 2.61 bits per heavy atom. The van der Waals surface area contributed by atoms with Gasteiger partial charge >= 0.3 is 5.97 Å². The number of hydrazine groups is 1. The van der Waals surface area contributed by atoms with Crippen LogP contribution in [0.25, 0.3) is 22.3 Å². The monoisotopic (exact) mass is 382 g/mol. The highest BCUT2D eigenvalue weighted by atomic mass is 79.9. The predicted molar refractivity (Wildman–Crippen MR) is 84.0 cm³/mol. The van der Waals surface area contributed by atoms with E-state index in [2.05, 4.69) is 21.4 Å². The number of carbonyl (C=O) groups is 1. The van der Waals surface area contributed by atoms with Crippen LogP contribution in [-0.4, -0.2) is 11.1 Å². The van der Waals surface area contributed by atoms with Gasteiger partial charge in [-0.25, -0.2) is 13.6 Å². The van der Waals surface area contributed by atoms with Crippen LogP contribution in [0.15, 0.2) is 39.2 Å². The summed E-state index contributed by atoms with van der Waals surface area (Å²) in [7, 11) is 0. The number of benzene rings is 2. The molecule has 0 fully saturated rings. The zero-order valence-electron chi connectivity index (χ0n) is 11.4. The summed E-state index contributed by atoms with van der Waals surface area (Å²) in [6.45, 7) is 0. The molecule has 0 unspecified atom stereocenters. The number of nitrogen functional groups attached to an aromatic ring is 1. The van der Waals surface area contributed by atoms with Gasteiger partial charge in [0.05, 0.1) is 11.3 Å². The lowest BCUT2D eigenvalue weighted by Gasteiger charge is -2.02. The summed E-state index contributed by atoms with van der Waals surface area (Å²) in [6.07, 6.45) is 0. The van der Waals surface area contributed by atoms with Crippen LogP contribution in [0.2, 0.25) is 0 Å². The average Bonchev–Trinajstić information content (AvgIpc) is 2.84. The number of hydrogen-bond donors (Lipinski definition) is 3. The third-order valence-corrected chi connectivity index (χ3v) is 3.98. The van der Waals surface area contributed by atoms with Crippen LogP contribution in [0, 0.1) is 11.6 Å². The Kier molecular flexibility index (Phi) is 3.78. The third kappa shape index (κ3) is 2.55. The number of carboxylic acids is 1. The molecule has 0 radical (unpaired) electrons. The number of nitrogens with one attached hydrogen (secondary N) is 1. The molecular weight excluding hydrogens is 374 g/mol. The quantitative estimate of drug-likeness (QED) is 0.468. The van der Waals surface area contributed by atoms with E-state index in [1.165, 1.54) is 12.1 Å². The highest BCUT2D eigenvalue weighted by Crippen LogP contribution is 2.38. The highest BCUT2D eigenvalue weighted by Gasteiger charge is 2.24. The lowest BCUT2D eigenvalue weighted by atomic mass is 10.0. The normalized spacial score (nSPS) is 11.0. The molecule has 0 atom stereocenters. The largest absolute Gasteiger partial charge is 0.478 e. The first-order valence-electron chi connectivity index (χ1n) is 6.33. The molecule has 0 saturated carbocycles. The minimum Gasteiger partial charge on any atom is -0.478 e. The number of carboxylic acid groups (broad SMARTS) is 1. The molecule has 3 aromatic rings. The van der Waals surface area contributed by atoms with Crippen molar-refractivity contribution >= 4 is 38.6 Å². The van der Waals surface area contributed by atoms with Crippen molar-refractivity contribution in [1.29, 1.82) is 0 Å². The first-order valence-corrected chi connectivity index (χ1v) is 7.13. The lowest BCUT2D eigenvalue weighted by Crippen LogP contribution is -2.07. The molecule has 3 rings (SSSR count). The van der Waals surface area contributed by atoms with Gasteiger partial charge in [-0.2, -0.15) is 0 Å². The van der Waals surface area contributed by atoms with Crippen LogP contribution < -0.4 is 11.3 Å². The van der Waals surface area contributed by atoms with Crippen LogP contribution in [0.5, 0.6) is 0 Å². The highest BCUT2D eigenvalue weighted by molar-refractivity contribution is 9.10. The Morgan fingerprint density at radius 1 is 1.26 bits per heavy atom. The zero-order chi connectivity index (χ0) is 16.7. The van der Waals surface area contributed by atoms with Crippen molar-refractivity contribution in [3.8, 4) is 11.3 Å². The number of fused-ring (bicyclic) bond motifs is 1. The van der Waals surface area contributed by atoms with E-state index in [0.717, 1.165) is 12.1 Å². The van der Waals surface area contributed by atoms with Gasteiger partial charge in [0.25, 0.3) is 0 Å². The molecule has 23 heavy (non-hydrogen) atoms. The molecule has 4 N–H and O–H groups in total. The maximum absolute atomic E-state index is 14.0. The number of hydrogen-bond acceptors (Lipinski definition) is 4. The molecule has 1 aromatic heterocycles. The van der Waals surface area contributed by atoms with Gasteiger partial charge in [-0.15, -0.1) is 0 Å². The summed E-state index contributed by atoms with van der Waals surface area (Å²) in [6, 6.07) is 5.81. The molecule has 0 bridgehead atoms. The Morgan fingerprint density at radius 2 is 2.00 bits per heavy atom. The van der Waals surface area contributed by atoms with Crippen molar-refractivity contribution < 1.29 is 23.1 Å². The Hall–Kier alpha value is -2.45. The smallest absolute Gasteiger partial charge is 0.340 e. The first kappa shape index (κ1) is 15.4. The Balaban J connectivity index is 2.36. The zero-order valence-corrected chi connectivity index (χ0v) is 12.9. The summed E-state index contributed by atoms with van der Waals surface area (Å²) < 4.78 is 33.1. The number of aromatic carboxylic acids is 1. The Bertz CT molecular complexity index is 940. The van der Waals surface area contributed by atoms with Crippen molar-refractivity contribution in [3.63, 3.8) is 0 Å². The number of halogens is 3. The summed E-state index contributed by atoms with van der Waals surface area (Å²) in [4.78, 5) is 11.6. The molecule has 0 saturated heterocycles. The van der Waals surface area contributed by atoms with Crippen molar-refractivity contribution in [1.82, 2.24) is 0 Å². The van der Waals surface area contributed by atoms with E-state index in [0.29, 0.717) is 16.2 Å². The molecule has 0 aliphatic rings. The van der Waals surface area contributed by atoms with E-state index in [4.69, 9.17) is 10.3 Å². The second-order valence-corrected chi connectivity index (χ2v) is 5.56. The number of rotatable bonds is 3. The molecule has 2 aromatic carbocycles. The SMILES string of the molecule is NNc1cc2oc(-c3ccc(F)cc3F)c(C(=O)O)c2cc1Br. The molecule has 1 heterocycles. The van der Waals surface area contributed by atoms with Gasteiger partial charge in [0.2, 0.25) is 0 Å². The van der Waals surface area contributed by atoms with E-state index in [1.807, 2.05) is 0 Å². The molecule has 0 amide bonds. The minimum absolute atomic E-state index is 0.140. The van der Waals surface area contributed by atoms with Crippen LogP contribution in [-0.2, 0) is 0 Å². The van der Waals surface area contributed by atoms with Gasteiger partial charge < -0.3 is 14.9 Å². The maximum Gasteiger partial charge on any atom is 0.340 e. The summed E-state index contributed by atoms with van der Waals surface area (Å²) in [5, 5.41) is 9.73. The topological polar surface area (TPSA) is 88.5 Å². The van der Waals surface area contributed by atoms with Crippen LogP contribution in [0.1, 0.15) is 10.4 Å². The second kappa shape index (κ2) is 5.64. The molecule has 0 spiro atoms. The predicted octanol–water partition coefficient (Wildman–Crippen LogP) is 4.12. The molecule has 5 nitrogen and oxygen atoms in total. The van der Waals surface area contributed by atoms with E-state index in [9.17, 15) is 18.7 Å². The van der Waals surface area contributed by atoms with Crippen LogP contribution in [0.4, 0.5) is 14.5 Å². The van der Waals surface area contributed by atoms with Crippen molar-refractivity contribution in [2.45, 2.75) is 0 Å². The van der Waals surface area contributed by atoms with Crippen LogP contribution >= 0.6 is 15.9 Å². The van der Waals surface area contributed by atoms with Gasteiger partial charge in [-0.3, -0.25) is 5.84 Å². The minimum atomic E-state index is -1.29. The van der Waals surface area contributed by atoms with E-state index in [-0.39, 0.29) is 27.9 Å². The molecule has 8 heteroatoms. The standard InChI is InChI=1S/C15H9BrF2N2O3/c16-9-4-8-12(5-11(9)20-19)23-14(13(8)15(21)22)7-2-1-6(17)3-10(7)18/h1-5,20H,19H2,(H,21,22). The Labute approximate surface area is 136 Å². The summed E-state index contributed by atoms with van der Waals surface area (Å²) in [5.74, 6) is 2.20. The van der Waals surface area contributed by atoms with E-state index in [1.54, 1.807) is 0 Å². The number of nitrogens with two attached hydrogens (primary N) is 1. The molecule has 0 aliphatic heterocycles. The lowest BCUT2D eigenvalue weighted by molar-refractivity contribution is 0.0699. The van der Waals surface area contributed by atoms with Crippen molar-refractivity contribution in [2.75, 3.05) is 5.43 Å². The average molecular weight is 383 g/mol. The maximum atomic E-state index is 14.0. The van der Waals surface area contributed by atoms with E-state index < -0.39 is 17.6 Å². The van der Waals surface area contributed by atoms with Gasteiger partial charge in [0.15, 0.2) is 5.76 Å². The molecular formula is C15H9BrF2N2O3. The van der Waals surface area contributed by atoms with Crippen LogP contribution in [0.3, 0.4) is 0 Å². The fourth-order valence-electron chi connectivity index (χ4n) is 2.30. The fraction of sp³-hybridized carbons (Fsp3) is 0. The summed E-state index contributed by atoms with van der Waals surface area (Å²) >= 11 is 3.25. The fourth-order valence-corrected chi connectivity index (χ4v) is 2.76. The van der Waals surface area contributed by atoms with Crippen molar-refractivity contribution in [2.24, 2.45) is 5.84 Å². The van der Waals surface area contributed by atoms with Gasteiger partial charge in [-0.1, -0.05) is 0 Å². The van der Waals surface area contributed by atoms with Crippen molar-refractivity contribution in [3.05, 3.63) is 52.0 Å². The van der Waals surface area contributed by atoms with E-state index >= 15 is 0 Å². The third-order valence-electron chi connectivity index (χ3n) is 3.32. The first-order chi connectivity index (χ1) is 10.9. The van der Waals surface area contributed by atoms with Gasteiger partial charge in [0, 0.05) is 22.0 Å². The molecule has 118 valence electrons. The number of anilines is 1. The summed E-state index contributed by atoms with van der Waals surface area (Å²) in [5.41, 5.74) is 2.75.